The Balaban J connectivity index is 1.11. The molecule has 0 saturated carbocycles. The monoisotopic (exact) mass is 867 g/mol. The highest BCUT2D eigenvalue weighted by molar-refractivity contribution is 6.26. The van der Waals surface area contributed by atoms with Gasteiger partial charge in [-0.2, -0.15) is 9.97 Å². The van der Waals surface area contributed by atoms with E-state index < -0.39 is 0 Å². The predicted octanol–water partition coefficient (Wildman–Crippen LogP) is 16.1. The molecule has 0 aliphatic heterocycles. The van der Waals surface area contributed by atoms with Crippen molar-refractivity contribution >= 4 is 43.6 Å². The summed E-state index contributed by atoms with van der Waals surface area (Å²) in [7, 11) is 0. The fourth-order valence-corrected chi connectivity index (χ4v) is 10.0. The van der Waals surface area contributed by atoms with Crippen molar-refractivity contribution < 1.29 is 0 Å². The minimum absolute atomic E-state index is 0.546. The predicted molar refractivity (Wildman–Crippen MR) is 281 cm³/mol. The van der Waals surface area contributed by atoms with Crippen molar-refractivity contribution in [1.29, 1.82) is 0 Å². The molecule has 0 N–H and O–H groups in total. The first-order chi connectivity index (χ1) is 33.7. The molecule has 318 valence electrons. The molecule has 5 nitrogen and oxygen atoms in total. The van der Waals surface area contributed by atoms with E-state index in [2.05, 4.69) is 246 Å². The molecule has 0 bridgehead atoms. The lowest BCUT2D eigenvalue weighted by molar-refractivity contribution is 0.953. The minimum Gasteiger partial charge on any atom is -0.308 e. The molecule has 5 heteroatoms. The van der Waals surface area contributed by atoms with Gasteiger partial charge in [0.2, 0.25) is 5.95 Å². The molecule has 68 heavy (non-hydrogen) atoms. The van der Waals surface area contributed by atoms with Crippen molar-refractivity contribution in [2.75, 3.05) is 0 Å². The van der Waals surface area contributed by atoms with Gasteiger partial charge in [0.25, 0.3) is 0 Å². The molecule has 13 rings (SSSR count). The Labute approximate surface area is 393 Å². The van der Waals surface area contributed by atoms with Crippen LogP contribution in [0.3, 0.4) is 0 Å². The van der Waals surface area contributed by atoms with Crippen molar-refractivity contribution in [3.8, 4) is 78.9 Å². The number of fused-ring (bicyclic) bond motifs is 7. The summed E-state index contributed by atoms with van der Waals surface area (Å²) >= 11 is 0. The maximum Gasteiger partial charge on any atom is 0.238 e. The molecule has 0 spiro atoms. The molecule has 0 saturated heterocycles. The number of aromatic nitrogens is 5. The summed E-state index contributed by atoms with van der Waals surface area (Å²) in [4.78, 5) is 16.1. The van der Waals surface area contributed by atoms with E-state index in [1.807, 2.05) is 12.1 Å². The Hall–Kier alpha value is -9.19. The summed E-state index contributed by atoms with van der Waals surface area (Å²) in [5, 5.41) is 4.59. The van der Waals surface area contributed by atoms with Gasteiger partial charge < -0.3 is 4.57 Å². The van der Waals surface area contributed by atoms with Gasteiger partial charge in [-0.05, 0) is 75.3 Å². The number of hydrogen-bond donors (Lipinski definition) is 0. The van der Waals surface area contributed by atoms with Crippen LogP contribution in [0.15, 0.2) is 249 Å². The second kappa shape index (κ2) is 16.4. The van der Waals surface area contributed by atoms with E-state index in [9.17, 15) is 0 Å². The van der Waals surface area contributed by atoms with Crippen LogP contribution in [0.5, 0.6) is 0 Å². The molecule has 0 fully saturated rings. The zero-order valence-corrected chi connectivity index (χ0v) is 36.9. The minimum atomic E-state index is 0.546. The molecule has 10 aromatic carbocycles. The fourth-order valence-electron chi connectivity index (χ4n) is 10.0. The largest absolute Gasteiger partial charge is 0.308 e. The second-order valence-electron chi connectivity index (χ2n) is 17.2. The summed E-state index contributed by atoms with van der Waals surface area (Å²) < 4.78 is 4.73. The highest BCUT2D eigenvalue weighted by Gasteiger charge is 2.24. The van der Waals surface area contributed by atoms with Crippen molar-refractivity contribution in [2.45, 2.75) is 0 Å². The standard InChI is InChI=1S/C63H41N5/c1-5-19-42(20-6-1)46-27-17-29-49(39-46)61-64-62(50-30-18-28-47(40-50)43-21-7-2-8-22-43)66-63(65-61)68-56-34-16-14-32-54(56)59-57(68)38-37-53-52-31-13-15-33-55(52)67(60(53)59)58-41-48(44-23-9-3-10-24-44)35-36-51(58)45-25-11-4-12-26-45/h1-41H. The third-order valence-electron chi connectivity index (χ3n) is 13.2. The van der Waals surface area contributed by atoms with Gasteiger partial charge in [-0.1, -0.05) is 212 Å². The average molecular weight is 868 g/mol. The van der Waals surface area contributed by atoms with Gasteiger partial charge in [-0.3, -0.25) is 4.57 Å². The van der Waals surface area contributed by atoms with E-state index in [-0.39, 0.29) is 0 Å². The van der Waals surface area contributed by atoms with Gasteiger partial charge >= 0.3 is 0 Å². The fraction of sp³-hybridized carbons (Fsp3) is 0. The highest BCUT2D eigenvalue weighted by Crippen LogP contribution is 2.44. The van der Waals surface area contributed by atoms with Crippen LogP contribution in [0.25, 0.3) is 123 Å². The second-order valence-corrected chi connectivity index (χ2v) is 17.2. The van der Waals surface area contributed by atoms with Crippen LogP contribution in [0.1, 0.15) is 0 Å². The molecule has 0 aliphatic rings. The number of nitrogens with zero attached hydrogens (tertiary/aromatic N) is 5. The number of para-hydroxylation sites is 2. The van der Waals surface area contributed by atoms with Crippen LogP contribution in [-0.2, 0) is 0 Å². The van der Waals surface area contributed by atoms with E-state index in [1.165, 1.54) is 16.3 Å². The lowest BCUT2D eigenvalue weighted by Gasteiger charge is -2.17. The molecule has 0 aliphatic carbocycles. The SMILES string of the molecule is c1ccc(-c2cccc(-c3nc(-c4cccc(-c5ccccc5)c4)nc(-n4c5ccccc5c5c4ccc4c6ccccc6n(-c6cc(-c7ccccc7)ccc6-c6ccccc6)c45)n3)c2)cc1. The molecule has 13 aromatic rings. The van der Waals surface area contributed by atoms with Crippen molar-refractivity contribution in [3.05, 3.63) is 249 Å². The molecule has 0 amide bonds. The zero-order valence-electron chi connectivity index (χ0n) is 36.9. The van der Waals surface area contributed by atoms with Crippen LogP contribution >= 0.6 is 0 Å². The molecule has 0 unspecified atom stereocenters. The van der Waals surface area contributed by atoms with Crippen molar-refractivity contribution in [2.24, 2.45) is 0 Å². The van der Waals surface area contributed by atoms with Crippen molar-refractivity contribution in [1.82, 2.24) is 24.1 Å². The van der Waals surface area contributed by atoms with E-state index in [4.69, 9.17) is 15.0 Å². The molecular weight excluding hydrogens is 827 g/mol. The average Bonchev–Trinajstić information content (AvgIpc) is 3.95. The van der Waals surface area contributed by atoms with Gasteiger partial charge in [-0.25, -0.2) is 4.98 Å². The van der Waals surface area contributed by atoms with E-state index in [0.29, 0.717) is 17.6 Å². The van der Waals surface area contributed by atoms with Crippen LogP contribution in [-0.4, -0.2) is 24.1 Å². The maximum absolute atomic E-state index is 5.42. The van der Waals surface area contributed by atoms with Crippen LogP contribution in [0, 0.1) is 0 Å². The Kier molecular flexibility index (Phi) is 9.43. The summed E-state index contributed by atoms with van der Waals surface area (Å²) in [6.45, 7) is 0. The first-order valence-corrected chi connectivity index (χ1v) is 23.0. The Morgan fingerprint density at radius 1 is 0.265 bits per heavy atom. The Morgan fingerprint density at radius 2 is 0.721 bits per heavy atom. The van der Waals surface area contributed by atoms with Crippen LogP contribution in [0.4, 0.5) is 0 Å². The van der Waals surface area contributed by atoms with Gasteiger partial charge in [-0.15, -0.1) is 0 Å². The normalized spacial score (nSPS) is 11.5. The van der Waals surface area contributed by atoms with E-state index in [1.54, 1.807) is 0 Å². The topological polar surface area (TPSA) is 48.5 Å². The van der Waals surface area contributed by atoms with Crippen LogP contribution < -0.4 is 0 Å². The third kappa shape index (κ3) is 6.68. The third-order valence-corrected chi connectivity index (χ3v) is 13.2. The quantitative estimate of drug-likeness (QED) is 0.153. The summed E-state index contributed by atoms with van der Waals surface area (Å²) in [5.74, 6) is 1.74. The lowest BCUT2D eigenvalue weighted by atomic mass is 9.97. The first-order valence-electron chi connectivity index (χ1n) is 23.0. The van der Waals surface area contributed by atoms with Crippen LogP contribution in [0.2, 0.25) is 0 Å². The number of rotatable bonds is 8. The molecule has 3 aromatic heterocycles. The van der Waals surface area contributed by atoms with E-state index in [0.717, 1.165) is 88.6 Å². The number of hydrogen-bond acceptors (Lipinski definition) is 3. The maximum atomic E-state index is 5.42. The zero-order chi connectivity index (χ0) is 45.0. The summed E-state index contributed by atoms with van der Waals surface area (Å²) in [6.07, 6.45) is 0. The van der Waals surface area contributed by atoms with Crippen molar-refractivity contribution in [3.63, 3.8) is 0 Å². The first kappa shape index (κ1) is 39.2. The Morgan fingerprint density at radius 3 is 1.29 bits per heavy atom. The number of benzene rings is 10. The molecule has 3 heterocycles. The molecule has 0 atom stereocenters. The summed E-state index contributed by atoms with van der Waals surface area (Å²) in [5.41, 5.74) is 16.3. The van der Waals surface area contributed by atoms with Gasteiger partial charge in [0.05, 0.1) is 27.8 Å². The smallest absolute Gasteiger partial charge is 0.238 e. The summed E-state index contributed by atoms with van der Waals surface area (Å²) in [6, 6.07) is 88.2. The van der Waals surface area contributed by atoms with Gasteiger partial charge in [0.1, 0.15) is 0 Å². The van der Waals surface area contributed by atoms with Gasteiger partial charge in [0.15, 0.2) is 11.6 Å². The Bertz CT molecular complexity index is 3900. The molecule has 0 radical (unpaired) electrons. The van der Waals surface area contributed by atoms with E-state index >= 15 is 0 Å². The van der Waals surface area contributed by atoms with Gasteiger partial charge in [0, 0.05) is 38.2 Å². The lowest BCUT2D eigenvalue weighted by Crippen LogP contribution is -2.06. The highest BCUT2D eigenvalue weighted by atomic mass is 15.2. The molecular formula is C63H41N5.